The van der Waals surface area contributed by atoms with Gasteiger partial charge in [0.2, 0.25) is 0 Å². The number of nitrogens with one attached hydrogen (secondary N) is 1. The van der Waals surface area contributed by atoms with Crippen LogP contribution in [0, 0.1) is 17.8 Å². The standard InChI is InChI=1S/C15H23NS/c1-11(6-13-4-5-17-10-13)16-9-15-8-12-2-3-14(15)7-12/h4-5,10-12,14-16H,2-3,6-9H2,1H3. The zero-order chi connectivity index (χ0) is 11.7. The topological polar surface area (TPSA) is 12.0 Å². The minimum absolute atomic E-state index is 0.628. The third-order valence-electron chi connectivity index (χ3n) is 4.74. The smallest absolute Gasteiger partial charge is 0.00795 e. The van der Waals surface area contributed by atoms with E-state index >= 15 is 0 Å². The number of thiophene rings is 1. The Morgan fingerprint density at radius 3 is 3.00 bits per heavy atom. The van der Waals surface area contributed by atoms with Crippen molar-refractivity contribution in [1.29, 1.82) is 0 Å². The predicted molar refractivity (Wildman–Crippen MR) is 74.4 cm³/mol. The molecular formula is C15H23NS. The second-order valence-electron chi connectivity index (χ2n) is 6.08. The van der Waals surface area contributed by atoms with Gasteiger partial charge in [-0.05, 0) is 79.3 Å². The summed E-state index contributed by atoms with van der Waals surface area (Å²) < 4.78 is 0. The molecule has 94 valence electrons. The van der Waals surface area contributed by atoms with Crippen molar-refractivity contribution in [3.8, 4) is 0 Å². The van der Waals surface area contributed by atoms with E-state index in [0.29, 0.717) is 6.04 Å². The summed E-state index contributed by atoms with van der Waals surface area (Å²) in [4.78, 5) is 0. The molecule has 1 N–H and O–H groups in total. The van der Waals surface area contributed by atoms with E-state index in [9.17, 15) is 0 Å². The molecule has 0 radical (unpaired) electrons. The minimum Gasteiger partial charge on any atom is -0.314 e. The first kappa shape index (κ1) is 11.7. The Hall–Kier alpha value is -0.340. The van der Waals surface area contributed by atoms with E-state index in [1.807, 2.05) is 11.3 Å². The molecule has 1 aromatic heterocycles. The van der Waals surface area contributed by atoms with Crippen molar-refractivity contribution < 1.29 is 0 Å². The van der Waals surface area contributed by atoms with Crippen LogP contribution in [-0.2, 0) is 6.42 Å². The van der Waals surface area contributed by atoms with Crippen LogP contribution in [0.1, 0.15) is 38.2 Å². The normalized spacial score (nSPS) is 33.1. The third kappa shape index (κ3) is 2.74. The number of hydrogen-bond donors (Lipinski definition) is 1. The lowest BCUT2D eigenvalue weighted by Gasteiger charge is -2.24. The fraction of sp³-hybridized carbons (Fsp3) is 0.733. The number of hydrogen-bond acceptors (Lipinski definition) is 2. The molecule has 4 atom stereocenters. The summed E-state index contributed by atoms with van der Waals surface area (Å²) in [6, 6.07) is 2.88. The van der Waals surface area contributed by atoms with Gasteiger partial charge in [0, 0.05) is 6.04 Å². The molecule has 2 aliphatic carbocycles. The quantitative estimate of drug-likeness (QED) is 0.839. The van der Waals surface area contributed by atoms with Gasteiger partial charge in [0.25, 0.3) is 0 Å². The Kier molecular flexibility index (Phi) is 3.53. The zero-order valence-electron chi connectivity index (χ0n) is 10.7. The molecule has 1 heterocycles. The van der Waals surface area contributed by atoms with Crippen LogP contribution in [0.5, 0.6) is 0 Å². The highest BCUT2D eigenvalue weighted by Gasteiger charge is 2.38. The van der Waals surface area contributed by atoms with Gasteiger partial charge in [-0.3, -0.25) is 0 Å². The highest BCUT2D eigenvalue weighted by molar-refractivity contribution is 7.07. The molecule has 4 unspecified atom stereocenters. The summed E-state index contributed by atoms with van der Waals surface area (Å²) in [6.45, 7) is 3.58. The Morgan fingerprint density at radius 2 is 2.35 bits per heavy atom. The van der Waals surface area contributed by atoms with Crippen molar-refractivity contribution in [3.05, 3.63) is 22.4 Å². The minimum atomic E-state index is 0.628. The maximum Gasteiger partial charge on any atom is 0.00795 e. The first-order valence-corrected chi connectivity index (χ1v) is 8.00. The van der Waals surface area contributed by atoms with Crippen LogP contribution in [0.2, 0.25) is 0 Å². The van der Waals surface area contributed by atoms with Crippen LogP contribution in [0.25, 0.3) is 0 Å². The molecule has 0 aliphatic heterocycles. The van der Waals surface area contributed by atoms with E-state index in [1.165, 1.54) is 44.2 Å². The third-order valence-corrected chi connectivity index (χ3v) is 5.47. The lowest BCUT2D eigenvalue weighted by molar-refractivity contribution is 0.308. The molecule has 0 spiro atoms. The largest absolute Gasteiger partial charge is 0.314 e. The molecule has 17 heavy (non-hydrogen) atoms. The van der Waals surface area contributed by atoms with Crippen molar-refractivity contribution in [3.63, 3.8) is 0 Å². The molecule has 2 heteroatoms. The van der Waals surface area contributed by atoms with Crippen LogP contribution in [0.4, 0.5) is 0 Å². The molecule has 0 aromatic carbocycles. The van der Waals surface area contributed by atoms with Crippen molar-refractivity contribution in [2.75, 3.05) is 6.54 Å². The van der Waals surface area contributed by atoms with Gasteiger partial charge in [-0.25, -0.2) is 0 Å². The Bertz CT molecular complexity index is 346. The number of rotatable bonds is 5. The van der Waals surface area contributed by atoms with Crippen LogP contribution in [0.3, 0.4) is 0 Å². The van der Waals surface area contributed by atoms with Gasteiger partial charge >= 0.3 is 0 Å². The second kappa shape index (κ2) is 5.11. The second-order valence-corrected chi connectivity index (χ2v) is 6.86. The SMILES string of the molecule is CC(Cc1ccsc1)NCC1CC2CCC1C2. The Labute approximate surface area is 109 Å². The summed E-state index contributed by atoms with van der Waals surface area (Å²) >= 11 is 1.81. The van der Waals surface area contributed by atoms with Gasteiger partial charge in [0.15, 0.2) is 0 Å². The summed E-state index contributed by atoms with van der Waals surface area (Å²) in [5.41, 5.74) is 1.49. The maximum atomic E-state index is 3.75. The summed E-state index contributed by atoms with van der Waals surface area (Å²) in [5, 5.41) is 8.20. The van der Waals surface area contributed by atoms with Gasteiger partial charge in [0.05, 0.1) is 0 Å². The van der Waals surface area contributed by atoms with Crippen molar-refractivity contribution in [2.24, 2.45) is 17.8 Å². The van der Waals surface area contributed by atoms with Gasteiger partial charge in [0.1, 0.15) is 0 Å². The number of fused-ring (bicyclic) bond motifs is 2. The van der Waals surface area contributed by atoms with E-state index in [0.717, 1.165) is 17.8 Å². The average Bonchev–Trinajstić information content (AvgIpc) is 3.02. The zero-order valence-corrected chi connectivity index (χ0v) is 11.5. The maximum absolute atomic E-state index is 3.75. The van der Waals surface area contributed by atoms with Crippen LogP contribution >= 0.6 is 11.3 Å². The van der Waals surface area contributed by atoms with Crippen LogP contribution < -0.4 is 5.32 Å². The van der Waals surface area contributed by atoms with Crippen molar-refractivity contribution >= 4 is 11.3 Å². The molecule has 0 amide bonds. The average molecular weight is 249 g/mol. The van der Waals surface area contributed by atoms with E-state index in [4.69, 9.17) is 0 Å². The lowest BCUT2D eigenvalue weighted by atomic mass is 9.88. The van der Waals surface area contributed by atoms with Crippen LogP contribution in [-0.4, -0.2) is 12.6 Å². The molecular weight excluding hydrogens is 226 g/mol. The predicted octanol–water partition coefficient (Wildman–Crippen LogP) is 3.70. The van der Waals surface area contributed by atoms with E-state index in [-0.39, 0.29) is 0 Å². The molecule has 2 fully saturated rings. The lowest BCUT2D eigenvalue weighted by Crippen LogP contribution is -2.34. The van der Waals surface area contributed by atoms with Crippen LogP contribution in [0.15, 0.2) is 16.8 Å². The first-order chi connectivity index (χ1) is 8.31. The molecule has 1 aromatic rings. The Morgan fingerprint density at radius 1 is 1.41 bits per heavy atom. The van der Waals surface area contributed by atoms with Gasteiger partial charge in [-0.2, -0.15) is 11.3 Å². The Balaban J connectivity index is 1.42. The molecule has 3 rings (SSSR count). The summed E-state index contributed by atoms with van der Waals surface area (Å²) in [5.74, 6) is 3.12. The highest BCUT2D eigenvalue weighted by atomic mass is 32.1. The first-order valence-electron chi connectivity index (χ1n) is 7.05. The molecule has 1 nitrogen and oxygen atoms in total. The fourth-order valence-electron chi connectivity index (χ4n) is 3.81. The van der Waals surface area contributed by atoms with Gasteiger partial charge < -0.3 is 5.32 Å². The van der Waals surface area contributed by atoms with Gasteiger partial charge in [-0.15, -0.1) is 0 Å². The van der Waals surface area contributed by atoms with E-state index in [2.05, 4.69) is 29.1 Å². The fourth-order valence-corrected chi connectivity index (χ4v) is 4.50. The van der Waals surface area contributed by atoms with Gasteiger partial charge in [-0.1, -0.05) is 6.42 Å². The molecule has 2 aliphatic rings. The monoisotopic (exact) mass is 249 g/mol. The van der Waals surface area contributed by atoms with E-state index in [1.54, 1.807) is 0 Å². The van der Waals surface area contributed by atoms with Crippen molar-refractivity contribution in [1.82, 2.24) is 5.32 Å². The highest BCUT2D eigenvalue weighted by Crippen LogP contribution is 2.47. The summed E-state index contributed by atoms with van der Waals surface area (Å²) in [6.07, 6.45) is 7.25. The summed E-state index contributed by atoms with van der Waals surface area (Å²) in [7, 11) is 0. The molecule has 2 saturated carbocycles. The molecule has 2 bridgehead atoms. The molecule has 0 saturated heterocycles. The van der Waals surface area contributed by atoms with Crippen molar-refractivity contribution in [2.45, 2.75) is 45.1 Å². The van der Waals surface area contributed by atoms with E-state index < -0.39 is 0 Å².